The van der Waals surface area contributed by atoms with Gasteiger partial charge >= 0.3 is 0 Å². The summed E-state index contributed by atoms with van der Waals surface area (Å²) in [5, 5.41) is 8.43. The summed E-state index contributed by atoms with van der Waals surface area (Å²) in [7, 11) is 0. The van der Waals surface area contributed by atoms with Crippen molar-refractivity contribution in [3.05, 3.63) is 28.2 Å². The second-order valence-corrected chi connectivity index (χ2v) is 3.06. The van der Waals surface area contributed by atoms with E-state index in [9.17, 15) is 8.78 Å². The number of hydrogen-bond donors (Lipinski definition) is 1. The first-order valence-electron chi connectivity index (χ1n) is 3.53. The number of ether oxygens (including phenoxy) is 1. The van der Waals surface area contributed by atoms with Gasteiger partial charge in [0.2, 0.25) is 0 Å². The van der Waals surface area contributed by atoms with Crippen molar-refractivity contribution in [2.24, 2.45) is 0 Å². The second-order valence-electron chi connectivity index (χ2n) is 2.27. The molecule has 0 aliphatic carbocycles. The molecule has 5 heteroatoms. The van der Waals surface area contributed by atoms with Crippen molar-refractivity contribution in [2.75, 3.05) is 13.2 Å². The van der Waals surface area contributed by atoms with E-state index in [0.29, 0.717) is 0 Å². The summed E-state index contributed by atoms with van der Waals surface area (Å²) in [6.07, 6.45) is 0. The zero-order chi connectivity index (χ0) is 9.84. The molecule has 0 bridgehead atoms. The Morgan fingerprint density at radius 3 is 2.69 bits per heavy atom. The van der Waals surface area contributed by atoms with Gasteiger partial charge in [0.25, 0.3) is 0 Å². The molecule has 1 rings (SSSR count). The van der Waals surface area contributed by atoms with Crippen molar-refractivity contribution in [1.29, 1.82) is 0 Å². The minimum atomic E-state index is -0.729. The number of aliphatic hydroxyl groups excluding tert-OH is 1. The zero-order valence-electron chi connectivity index (χ0n) is 6.56. The molecule has 0 spiro atoms. The SMILES string of the molecule is OCCOc1cc(F)cc(F)c1Br. The van der Waals surface area contributed by atoms with Crippen molar-refractivity contribution in [1.82, 2.24) is 0 Å². The highest BCUT2D eigenvalue weighted by Gasteiger charge is 2.09. The maximum absolute atomic E-state index is 12.8. The molecule has 0 amide bonds. The molecule has 2 nitrogen and oxygen atoms in total. The molecular formula is C8H7BrF2O2. The molecule has 0 unspecified atom stereocenters. The lowest BCUT2D eigenvalue weighted by Gasteiger charge is -2.06. The summed E-state index contributed by atoms with van der Waals surface area (Å²) >= 11 is 2.90. The van der Waals surface area contributed by atoms with E-state index in [4.69, 9.17) is 9.84 Å². The third-order valence-corrected chi connectivity index (χ3v) is 2.08. The maximum Gasteiger partial charge on any atom is 0.144 e. The third kappa shape index (κ3) is 2.63. The van der Waals surface area contributed by atoms with Crippen LogP contribution in [0.2, 0.25) is 0 Å². The first kappa shape index (κ1) is 10.4. The minimum Gasteiger partial charge on any atom is -0.490 e. The number of rotatable bonds is 3. The van der Waals surface area contributed by atoms with Gasteiger partial charge in [0, 0.05) is 12.1 Å². The predicted molar refractivity (Wildman–Crippen MR) is 46.6 cm³/mol. The Kier molecular flexibility index (Phi) is 3.62. The normalized spacial score (nSPS) is 10.2. The first-order valence-corrected chi connectivity index (χ1v) is 4.32. The van der Waals surface area contributed by atoms with Crippen LogP contribution in [0.25, 0.3) is 0 Å². The first-order chi connectivity index (χ1) is 6.15. The van der Waals surface area contributed by atoms with Crippen molar-refractivity contribution in [2.45, 2.75) is 0 Å². The zero-order valence-corrected chi connectivity index (χ0v) is 8.14. The van der Waals surface area contributed by atoms with Crippen LogP contribution in [0, 0.1) is 11.6 Å². The fraction of sp³-hybridized carbons (Fsp3) is 0.250. The molecular weight excluding hydrogens is 246 g/mol. The van der Waals surface area contributed by atoms with Crippen LogP contribution >= 0.6 is 15.9 Å². The highest BCUT2D eigenvalue weighted by atomic mass is 79.9. The number of halogens is 3. The van der Waals surface area contributed by atoms with Gasteiger partial charge in [-0.05, 0) is 15.9 Å². The lowest BCUT2D eigenvalue weighted by Crippen LogP contribution is -2.03. The Balaban J connectivity index is 2.92. The van der Waals surface area contributed by atoms with E-state index in [1.165, 1.54) is 0 Å². The third-order valence-electron chi connectivity index (χ3n) is 1.31. The Morgan fingerprint density at radius 1 is 1.38 bits per heavy atom. The number of benzene rings is 1. The number of hydrogen-bond acceptors (Lipinski definition) is 2. The van der Waals surface area contributed by atoms with E-state index < -0.39 is 11.6 Å². The molecule has 0 radical (unpaired) electrons. The van der Waals surface area contributed by atoms with Crippen LogP contribution in [-0.4, -0.2) is 18.3 Å². The van der Waals surface area contributed by atoms with Gasteiger partial charge in [0.15, 0.2) is 0 Å². The van der Waals surface area contributed by atoms with Crippen molar-refractivity contribution >= 4 is 15.9 Å². The Morgan fingerprint density at radius 2 is 2.08 bits per heavy atom. The van der Waals surface area contributed by atoms with Gasteiger partial charge in [-0.25, -0.2) is 8.78 Å². The standard InChI is InChI=1S/C8H7BrF2O2/c9-8-6(11)3-5(10)4-7(8)13-2-1-12/h3-4,12H,1-2H2. The van der Waals surface area contributed by atoms with Crippen LogP contribution in [0.1, 0.15) is 0 Å². The van der Waals surface area contributed by atoms with Gasteiger partial charge < -0.3 is 9.84 Å². The van der Waals surface area contributed by atoms with Crippen LogP contribution in [-0.2, 0) is 0 Å². The van der Waals surface area contributed by atoms with Crippen molar-refractivity contribution < 1.29 is 18.6 Å². The van der Waals surface area contributed by atoms with Gasteiger partial charge in [0.1, 0.15) is 24.0 Å². The molecule has 0 fully saturated rings. The molecule has 1 aromatic carbocycles. The summed E-state index contributed by atoms with van der Waals surface area (Å²) in [5.41, 5.74) is 0. The minimum absolute atomic E-state index is 0.00148. The molecule has 0 atom stereocenters. The molecule has 0 saturated carbocycles. The van der Waals surface area contributed by atoms with Crippen LogP contribution in [0.4, 0.5) is 8.78 Å². The van der Waals surface area contributed by atoms with Crippen LogP contribution < -0.4 is 4.74 Å². The van der Waals surface area contributed by atoms with Gasteiger partial charge in [-0.15, -0.1) is 0 Å². The molecule has 72 valence electrons. The highest BCUT2D eigenvalue weighted by molar-refractivity contribution is 9.10. The molecule has 0 aliphatic heterocycles. The smallest absolute Gasteiger partial charge is 0.144 e. The maximum atomic E-state index is 12.8. The van der Waals surface area contributed by atoms with E-state index in [2.05, 4.69) is 15.9 Å². The van der Waals surface area contributed by atoms with E-state index in [1.54, 1.807) is 0 Å². The fourth-order valence-electron chi connectivity index (χ4n) is 0.793. The summed E-state index contributed by atoms with van der Waals surface area (Å²) in [6.45, 7) is -0.202. The highest BCUT2D eigenvalue weighted by Crippen LogP contribution is 2.28. The lowest BCUT2D eigenvalue weighted by atomic mass is 10.3. The largest absolute Gasteiger partial charge is 0.490 e. The molecule has 1 N–H and O–H groups in total. The molecule has 0 aromatic heterocycles. The predicted octanol–water partition coefficient (Wildman–Crippen LogP) is 2.10. The summed E-state index contributed by atoms with van der Waals surface area (Å²) in [5.74, 6) is -1.40. The Labute approximate surface area is 82.3 Å². The number of aliphatic hydroxyl groups is 1. The van der Waals surface area contributed by atoms with Gasteiger partial charge in [-0.1, -0.05) is 0 Å². The molecule has 0 saturated heterocycles. The van der Waals surface area contributed by atoms with Crippen LogP contribution in [0.15, 0.2) is 16.6 Å². The molecule has 0 aliphatic rings. The summed E-state index contributed by atoms with van der Waals surface area (Å²) < 4.78 is 30.4. The fourth-order valence-corrected chi connectivity index (χ4v) is 1.14. The van der Waals surface area contributed by atoms with Crippen molar-refractivity contribution in [3.63, 3.8) is 0 Å². The van der Waals surface area contributed by atoms with Crippen LogP contribution in [0.5, 0.6) is 5.75 Å². The topological polar surface area (TPSA) is 29.5 Å². The Hall–Kier alpha value is -0.680. The summed E-state index contributed by atoms with van der Waals surface area (Å²) in [4.78, 5) is 0. The van der Waals surface area contributed by atoms with Gasteiger partial charge in [-0.2, -0.15) is 0 Å². The summed E-state index contributed by atoms with van der Waals surface area (Å²) in [6, 6.07) is 1.79. The van der Waals surface area contributed by atoms with Crippen LogP contribution in [0.3, 0.4) is 0 Å². The second kappa shape index (κ2) is 4.53. The molecule has 13 heavy (non-hydrogen) atoms. The molecule has 1 aromatic rings. The average Bonchev–Trinajstić information content (AvgIpc) is 2.09. The van der Waals surface area contributed by atoms with E-state index in [-0.39, 0.29) is 23.4 Å². The molecule has 0 heterocycles. The van der Waals surface area contributed by atoms with Crippen molar-refractivity contribution in [3.8, 4) is 5.75 Å². The lowest BCUT2D eigenvalue weighted by molar-refractivity contribution is 0.199. The van der Waals surface area contributed by atoms with Gasteiger partial charge in [0.05, 0.1) is 11.1 Å². The van der Waals surface area contributed by atoms with E-state index >= 15 is 0 Å². The van der Waals surface area contributed by atoms with E-state index in [0.717, 1.165) is 12.1 Å². The van der Waals surface area contributed by atoms with E-state index in [1.807, 2.05) is 0 Å². The van der Waals surface area contributed by atoms with Gasteiger partial charge in [-0.3, -0.25) is 0 Å². The Bertz CT molecular complexity index is 304. The monoisotopic (exact) mass is 252 g/mol. The average molecular weight is 253 g/mol. The quantitative estimate of drug-likeness (QED) is 0.836.